The lowest BCUT2D eigenvalue weighted by molar-refractivity contribution is -0.125. The molecule has 1 amide bonds. The fourth-order valence-electron chi connectivity index (χ4n) is 3.29. The van der Waals surface area contributed by atoms with Crippen molar-refractivity contribution in [2.45, 2.75) is 33.1 Å². The van der Waals surface area contributed by atoms with Gasteiger partial charge in [0.2, 0.25) is 6.10 Å². The van der Waals surface area contributed by atoms with Gasteiger partial charge in [0, 0.05) is 21.5 Å². The van der Waals surface area contributed by atoms with Crippen molar-refractivity contribution in [2.75, 3.05) is 5.32 Å². The summed E-state index contributed by atoms with van der Waals surface area (Å²) in [4.78, 5) is 18.2. The predicted molar refractivity (Wildman–Crippen MR) is 128 cm³/mol. The van der Waals surface area contributed by atoms with Gasteiger partial charge in [0.1, 0.15) is 5.75 Å². The van der Waals surface area contributed by atoms with Gasteiger partial charge in [0.05, 0.1) is 27.8 Å². The van der Waals surface area contributed by atoms with Crippen LogP contribution in [0.3, 0.4) is 0 Å². The van der Waals surface area contributed by atoms with Gasteiger partial charge in [-0.2, -0.15) is 5.10 Å². The summed E-state index contributed by atoms with van der Waals surface area (Å²) in [5.74, 6) is 0.206. The highest BCUT2D eigenvalue weighted by atomic mass is 79.9. The minimum absolute atomic E-state index is 0.125. The third kappa shape index (κ3) is 4.92. The summed E-state index contributed by atoms with van der Waals surface area (Å²) in [6.07, 6.45) is -0.331. The van der Waals surface area contributed by atoms with E-state index in [1.807, 2.05) is 38.1 Å². The summed E-state index contributed by atoms with van der Waals surface area (Å²) >= 11 is 15.5. The minimum atomic E-state index is -0.713. The summed E-state index contributed by atoms with van der Waals surface area (Å²) in [6.45, 7) is 3.79. The highest BCUT2D eigenvalue weighted by molar-refractivity contribution is 9.10. The number of carbonyl (C=O) groups excluding carboxylic acids is 1. The molecule has 1 aromatic heterocycles. The Morgan fingerprint density at radius 3 is 2.84 bits per heavy atom. The second kappa shape index (κ2) is 9.52. The number of amides is 1. The first-order valence-electron chi connectivity index (χ1n) is 9.73. The van der Waals surface area contributed by atoms with E-state index in [0.29, 0.717) is 33.6 Å². The monoisotopic (exact) mass is 536 g/mol. The lowest BCUT2D eigenvalue weighted by atomic mass is 10.0. The van der Waals surface area contributed by atoms with Crippen LogP contribution >= 0.6 is 39.1 Å². The second-order valence-electron chi connectivity index (χ2n) is 7.23. The van der Waals surface area contributed by atoms with Crippen LogP contribution in [-0.2, 0) is 16.4 Å². The number of aryl methyl sites for hydroxylation is 1. The van der Waals surface area contributed by atoms with E-state index in [1.165, 1.54) is 0 Å². The molecule has 1 unspecified atom stereocenters. The molecule has 0 saturated carbocycles. The Morgan fingerprint density at radius 2 is 2.09 bits per heavy atom. The third-order valence-electron chi connectivity index (χ3n) is 4.99. The van der Waals surface area contributed by atoms with E-state index >= 15 is 0 Å². The van der Waals surface area contributed by atoms with Gasteiger partial charge < -0.3 is 14.9 Å². The van der Waals surface area contributed by atoms with E-state index in [9.17, 15) is 4.79 Å². The topological polar surface area (TPSA) is 77.7 Å². The van der Waals surface area contributed by atoms with E-state index in [1.54, 1.807) is 22.9 Å². The molecule has 0 fully saturated rings. The number of nitrogens with zero attached hydrogens (tertiary/aromatic N) is 3. The molecule has 1 aliphatic rings. The summed E-state index contributed by atoms with van der Waals surface area (Å²) in [5.41, 5.74) is 3.65. The molecule has 0 saturated heterocycles. The number of hydrogen-bond donors (Lipinski definition) is 1. The fourth-order valence-corrected chi connectivity index (χ4v) is 4.15. The summed E-state index contributed by atoms with van der Waals surface area (Å²) in [6, 6.07) is 12.7. The number of ether oxygens (including phenoxy) is 1. The Kier molecular flexibility index (Phi) is 6.74. The van der Waals surface area contributed by atoms with E-state index < -0.39 is 6.10 Å². The van der Waals surface area contributed by atoms with Gasteiger partial charge in [-0.25, -0.2) is 4.68 Å². The number of halogens is 3. The maximum atomic E-state index is 12.8. The van der Waals surface area contributed by atoms with Gasteiger partial charge in [-0.15, -0.1) is 0 Å². The van der Waals surface area contributed by atoms with Crippen LogP contribution in [0.1, 0.15) is 23.4 Å². The van der Waals surface area contributed by atoms with Crippen molar-refractivity contribution in [1.29, 1.82) is 0 Å². The number of benzene rings is 2. The molecule has 0 radical (unpaired) electrons. The summed E-state index contributed by atoms with van der Waals surface area (Å²) in [7, 11) is 0. The van der Waals surface area contributed by atoms with Gasteiger partial charge in [-0.05, 0) is 44.2 Å². The molecule has 7 nitrogen and oxygen atoms in total. The molecule has 0 aliphatic carbocycles. The van der Waals surface area contributed by atoms with Crippen LogP contribution < -0.4 is 10.1 Å². The first kappa shape index (κ1) is 22.6. The Bertz CT molecular complexity index is 1210. The van der Waals surface area contributed by atoms with Crippen LogP contribution in [0.2, 0.25) is 10.0 Å². The smallest absolute Gasteiger partial charge is 0.268 e. The van der Waals surface area contributed by atoms with Crippen LogP contribution in [-0.4, -0.2) is 27.5 Å². The van der Waals surface area contributed by atoms with Gasteiger partial charge >= 0.3 is 0 Å². The molecular formula is C22H19BrCl2N4O3. The molecule has 3 aromatic rings. The molecule has 10 heteroatoms. The van der Waals surface area contributed by atoms with Crippen LogP contribution in [0.4, 0.5) is 5.69 Å². The lowest BCUT2D eigenvalue weighted by Gasteiger charge is -2.11. The molecule has 1 N–H and O–H groups in total. The van der Waals surface area contributed by atoms with Crippen molar-refractivity contribution in [3.05, 3.63) is 73.9 Å². The first-order valence-corrected chi connectivity index (χ1v) is 11.3. The van der Waals surface area contributed by atoms with Crippen molar-refractivity contribution in [2.24, 2.45) is 5.16 Å². The largest absolute Gasteiger partial charge is 0.470 e. The molecule has 0 spiro atoms. The van der Waals surface area contributed by atoms with Crippen molar-refractivity contribution >= 4 is 56.4 Å². The van der Waals surface area contributed by atoms with Crippen molar-refractivity contribution in [1.82, 2.24) is 9.78 Å². The Labute approximate surface area is 203 Å². The van der Waals surface area contributed by atoms with Crippen molar-refractivity contribution in [3.63, 3.8) is 0 Å². The maximum absolute atomic E-state index is 12.8. The van der Waals surface area contributed by atoms with E-state index in [4.69, 9.17) is 32.8 Å². The average Bonchev–Trinajstić information content (AvgIpc) is 3.34. The quantitative estimate of drug-likeness (QED) is 0.435. The van der Waals surface area contributed by atoms with Crippen LogP contribution in [0, 0.1) is 13.8 Å². The van der Waals surface area contributed by atoms with Crippen LogP contribution in [0.15, 0.2) is 52.1 Å². The van der Waals surface area contributed by atoms with E-state index in [-0.39, 0.29) is 12.6 Å². The number of anilines is 1. The Balaban J connectivity index is 1.40. The molecule has 2 heterocycles. The lowest BCUT2D eigenvalue weighted by Crippen LogP contribution is -2.28. The molecule has 1 atom stereocenters. The van der Waals surface area contributed by atoms with Gasteiger partial charge in [-0.1, -0.05) is 56.4 Å². The molecule has 1 aliphatic heterocycles. The molecular weight excluding hydrogens is 519 g/mol. The highest BCUT2D eigenvalue weighted by Crippen LogP contribution is 2.28. The van der Waals surface area contributed by atoms with Crippen LogP contribution in [0.25, 0.3) is 0 Å². The molecule has 166 valence electrons. The molecule has 4 rings (SSSR count). The zero-order valence-corrected chi connectivity index (χ0v) is 20.3. The third-order valence-corrected chi connectivity index (χ3v) is 6.01. The zero-order valence-electron chi connectivity index (χ0n) is 17.2. The van der Waals surface area contributed by atoms with Gasteiger partial charge in [0.25, 0.3) is 5.91 Å². The minimum Gasteiger partial charge on any atom is -0.470 e. The van der Waals surface area contributed by atoms with Gasteiger partial charge in [0.15, 0.2) is 6.73 Å². The molecule has 0 bridgehead atoms. The summed E-state index contributed by atoms with van der Waals surface area (Å²) in [5, 5.41) is 12.4. The SMILES string of the molecule is Cc1nn(COc2ccc(Cl)cc2Cl)c(C)c1NC(=O)C1CC(c2cccc(Br)c2)=NO1. The van der Waals surface area contributed by atoms with Crippen molar-refractivity contribution in [3.8, 4) is 5.75 Å². The summed E-state index contributed by atoms with van der Waals surface area (Å²) < 4.78 is 8.34. The average molecular weight is 538 g/mol. The number of rotatable bonds is 6. The maximum Gasteiger partial charge on any atom is 0.268 e. The molecule has 32 heavy (non-hydrogen) atoms. The Morgan fingerprint density at radius 1 is 1.28 bits per heavy atom. The number of oxime groups is 1. The van der Waals surface area contributed by atoms with Gasteiger partial charge in [-0.3, -0.25) is 4.79 Å². The highest BCUT2D eigenvalue weighted by Gasteiger charge is 2.30. The number of aromatic nitrogens is 2. The van der Waals surface area contributed by atoms with Crippen molar-refractivity contribution < 1.29 is 14.4 Å². The number of hydrogen-bond acceptors (Lipinski definition) is 5. The van der Waals surface area contributed by atoms with E-state index in [0.717, 1.165) is 21.4 Å². The standard InChI is InChI=1S/C22H19BrCl2N4O3/c1-12-21(13(2)29(27-12)11-31-19-7-6-16(24)9-17(19)25)26-22(30)20-10-18(28-32-20)14-4-3-5-15(23)8-14/h3-9,20H,10-11H2,1-2H3,(H,26,30). The second-order valence-corrected chi connectivity index (χ2v) is 8.99. The Hall–Kier alpha value is -2.55. The fraction of sp³-hybridized carbons (Fsp3) is 0.227. The predicted octanol–water partition coefficient (Wildman–Crippen LogP) is 5.74. The molecule has 2 aromatic carbocycles. The normalized spacial score (nSPS) is 15.3. The zero-order chi connectivity index (χ0) is 22.8. The first-order chi connectivity index (χ1) is 15.3. The van der Waals surface area contributed by atoms with E-state index in [2.05, 4.69) is 31.5 Å². The van der Waals surface area contributed by atoms with Crippen LogP contribution in [0.5, 0.6) is 5.75 Å². The number of nitrogens with one attached hydrogen (secondary N) is 1. The number of carbonyl (C=O) groups is 1.